The summed E-state index contributed by atoms with van der Waals surface area (Å²) in [5.74, 6) is -0.218. The van der Waals surface area contributed by atoms with Gasteiger partial charge in [0.15, 0.2) is 0 Å². The summed E-state index contributed by atoms with van der Waals surface area (Å²) in [5.41, 5.74) is 5.02. The van der Waals surface area contributed by atoms with Gasteiger partial charge in [0.2, 0.25) is 5.91 Å². The lowest BCUT2D eigenvalue weighted by Gasteiger charge is -2.01. The van der Waals surface area contributed by atoms with Crippen LogP contribution in [0.2, 0.25) is 0 Å². The average molecular weight is 212 g/mol. The fraction of sp³-hybridized carbons (Fsp3) is 0.500. The molecule has 0 aliphatic rings. The molecule has 4 heteroatoms. The number of amides is 1. The summed E-state index contributed by atoms with van der Waals surface area (Å²) < 4.78 is 0. The van der Waals surface area contributed by atoms with E-state index in [1.54, 1.807) is 11.3 Å². The Morgan fingerprint density at radius 1 is 1.50 bits per heavy atom. The molecule has 1 aromatic rings. The van der Waals surface area contributed by atoms with E-state index in [2.05, 4.69) is 22.8 Å². The van der Waals surface area contributed by atoms with E-state index >= 15 is 0 Å². The second kappa shape index (κ2) is 6.56. The van der Waals surface area contributed by atoms with Crippen molar-refractivity contribution in [2.45, 2.75) is 19.3 Å². The lowest BCUT2D eigenvalue weighted by atomic mass is 10.3. The number of nitrogens with two attached hydrogens (primary N) is 1. The zero-order valence-electron chi connectivity index (χ0n) is 8.16. The molecule has 3 N–H and O–H groups in total. The molecule has 0 fully saturated rings. The Labute approximate surface area is 88.3 Å². The summed E-state index contributed by atoms with van der Waals surface area (Å²) in [4.78, 5) is 11.8. The second-order valence-corrected chi connectivity index (χ2v) is 4.18. The van der Waals surface area contributed by atoms with Crippen molar-refractivity contribution in [1.82, 2.24) is 5.32 Å². The predicted molar refractivity (Wildman–Crippen MR) is 59.3 cm³/mol. The summed E-state index contributed by atoms with van der Waals surface area (Å²) in [6, 6.07) is 4.20. The number of rotatable bonds is 7. The van der Waals surface area contributed by atoms with Gasteiger partial charge in [-0.3, -0.25) is 4.79 Å². The number of nitrogens with one attached hydrogen (secondary N) is 1. The minimum absolute atomic E-state index is 0.218. The van der Waals surface area contributed by atoms with Crippen molar-refractivity contribution in [1.29, 1.82) is 0 Å². The molecule has 1 amide bonds. The Morgan fingerprint density at radius 2 is 2.36 bits per heavy atom. The molecular formula is C10H16N2OS. The summed E-state index contributed by atoms with van der Waals surface area (Å²) in [6.07, 6.45) is 2.38. The van der Waals surface area contributed by atoms with Crippen LogP contribution >= 0.6 is 11.3 Å². The van der Waals surface area contributed by atoms with Gasteiger partial charge in [0, 0.05) is 11.3 Å². The Morgan fingerprint density at radius 3 is 3.00 bits per heavy atom. The standard InChI is InChI=1S/C10H16N2OS/c11-10(13)4-1-6-12-7-5-9-3-2-8-14-9/h2-3,8,12H,1,4-7H2,(H2,11,13). The van der Waals surface area contributed by atoms with Crippen LogP contribution in [0.3, 0.4) is 0 Å². The van der Waals surface area contributed by atoms with Gasteiger partial charge in [0.25, 0.3) is 0 Å². The second-order valence-electron chi connectivity index (χ2n) is 3.15. The van der Waals surface area contributed by atoms with Crippen molar-refractivity contribution in [3.05, 3.63) is 22.4 Å². The largest absolute Gasteiger partial charge is 0.370 e. The van der Waals surface area contributed by atoms with E-state index < -0.39 is 0 Å². The average Bonchev–Trinajstić information content (AvgIpc) is 2.63. The lowest BCUT2D eigenvalue weighted by Crippen LogP contribution is -2.20. The molecule has 0 spiro atoms. The first-order valence-corrected chi connectivity index (χ1v) is 5.68. The SMILES string of the molecule is NC(=O)CCCNCCc1cccs1. The molecule has 3 nitrogen and oxygen atoms in total. The van der Waals surface area contributed by atoms with Crippen molar-refractivity contribution >= 4 is 17.2 Å². The van der Waals surface area contributed by atoms with Crippen LogP contribution in [0.1, 0.15) is 17.7 Å². The molecule has 0 radical (unpaired) electrons. The lowest BCUT2D eigenvalue weighted by molar-refractivity contribution is -0.118. The Hall–Kier alpha value is -0.870. The predicted octanol–water partition coefficient (Wildman–Crippen LogP) is 1.15. The van der Waals surface area contributed by atoms with E-state index in [4.69, 9.17) is 5.73 Å². The molecule has 0 saturated heterocycles. The van der Waals surface area contributed by atoms with Crippen molar-refractivity contribution in [2.24, 2.45) is 5.73 Å². The van der Waals surface area contributed by atoms with Gasteiger partial charge in [-0.2, -0.15) is 0 Å². The smallest absolute Gasteiger partial charge is 0.217 e. The van der Waals surface area contributed by atoms with Gasteiger partial charge < -0.3 is 11.1 Å². The third-order valence-corrected chi connectivity index (χ3v) is 2.84. The molecule has 78 valence electrons. The molecule has 0 unspecified atom stereocenters. The Balaban J connectivity index is 1.92. The minimum Gasteiger partial charge on any atom is -0.370 e. The van der Waals surface area contributed by atoms with E-state index in [-0.39, 0.29) is 5.91 Å². The molecule has 1 rings (SSSR count). The molecular weight excluding hydrogens is 196 g/mol. The van der Waals surface area contributed by atoms with Crippen molar-refractivity contribution in [3.8, 4) is 0 Å². The van der Waals surface area contributed by atoms with Crippen LogP contribution in [0.25, 0.3) is 0 Å². The van der Waals surface area contributed by atoms with Crippen LogP contribution < -0.4 is 11.1 Å². The monoisotopic (exact) mass is 212 g/mol. The Bertz CT molecular complexity index is 259. The van der Waals surface area contributed by atoms with E-state index in [0.717, 1.165) is 25.9 Å². The summed E-state index contributed by atoms with van der Waals surface area (Å²) in [6.45, 7) is 1.84. The molecule has 1 heterocycles. The van der Waals surface area contributed by atoms with Crippen LogP contribution in [0.15, 0.2) is 17.5 Å². The van der Waals surface area contributed by atoms with Gasteiger partial charge >= 0.3 is 0 Å². The fourth-order valence-corrected chi connectivity index (χ4v) is 1.89. The maximum Gasteiger partial charge on any atom is 0.217 e. The van der Waals surface area contributed by atoms with Crippen LogP contribution in [-0.4, -0.2) is 19.0 Å². The summed E-state index contributed by atoms with van der Waals surface area (Å²) >= 11 is 1.78. The van der Waals surface area contributed by atoms with Crippen molar-refractivity contribution in [2.75, 3.05) is 13.1 Å². The van der Waals surface area contributed by atoms with Gasteiger partial charge in [-0.15, -0.1) is 11.3 Å². The molecule has 0 saturated carbocycles. The van der Waals surface area contributed by atoms with Gasteiger partial charge in [-0.05, 0) is 37.4 Å². The van der Waals surface area contributed by atoms with E-state index in [1.807, 2.05) is 0 Å². The van der Waals surface area contributed by atoms with Crippen LogP contribution in [0.4, 0.5) is 0 Å². The molecule has 14 heavy (non-hydrogen) atoms. The molecule has 0 aliphatic heterocycles. The first kappa shape index (κ1) is 11.2. The number of hydrogen-bond donors (Lipinski definition) is 2. The zero-order valence-corrected chi connectivity index (χ0v) is 8.98. The van der Waals surface area contributed by atoms with Crippen molar-refractivity contribution in [3.63, 3.8) is 0 Å². The highest BCUT2D eigenvalue weighted by atomic mass is 32.1. The quantitative estimate of drug-likeness (QED) is 0.666. The van der Waals surface area contributed by atoms with Crippen LogP contribution in [0.5, 0.6) is 0 Å². The maximum atomic E-state index is 10.4. The van der Waals surface area contributed by atoms with E-state index in [1.165, 1.54) is 4.88 Å². The number of hydrogen-bond acceptors (Lipinski definition) is 3. The minimum atomic E-state index is -0.218. The molecule has 1 aromatic heterocycles. The Kier molecular flexibility index (Phi) is 5.25. The number of carbonyl (C=O) groups excluding carboxylic acids is 1. The van der Waals surface area contributed by atoms with Gasteiger partial charge in [0.1, 0.15) is 0 Å². The van der Waals surface area contributed by atoms with Crippen LogP contribution in [0, 0.1) is 0 Å². The summed E-state index contributed by atoms with van der Waals surface area (Å²) in [5, 5.41) is 5.36. The maximum absolute atomic E-state index is 10.4. The normalized spacial score (nSPS) is 10.3. The number of carbonyl (C=O) groups is 1. The highest BCUT2D eigenvalue weighted by Gasteiger charge is 1.95. The van der Waals surface area contributed by atoms with Crippen molar-refractivity contribution < 1.29 is 4.79 Å². The first-order chi connectivity index (χ1) is 6.79. The molecule has 0 bridgehead atoms. The molecule has 0 aromatic carbocycles. The van der Waals surface area contributed by atoms with Gasteiger partial charge in [-0.1, -0.05) is 6.07 Å². The van der Waals surface area contributed by atoms with Crippen LogP contribution in [-0.2, 0) is 11.2 Å². The topological polar surface area (TPSA) is 55.1 Å². The summed E-state index contributed by atoms with van der Waals surface area (Å²) in [7, 11) is 0. The highest BCUT2D eigenvalue weighted by Crippen LogP contribution is 2.07. The molecule has 0 aliphatic carbocycles. The van der Waals surface area contributed by atoms with Gasteiger partial charge in [-0.25, -0.2) is 0 Å². The van der Waals surface area contributed by atoms with E-state index in [9.17, 15) is 4.79 Å². The zero-order chi connectivity index (χ0) is 10.2. The van der Waals surface area contributed by atoms with Gasteiger partial charge in [0.05, 0.1) is 0 Å². The first-order valence-electron chi connectivity index (χ1n) is 4.80. The fourth-order valence-electron chi connectivity index (χ4n) is 1.18. The third-order valence-electron chi connectivity index (χ3n) is 1.91. The third kappa shape index (κ3) is 4.99. The van der Waals surface area contributed by atoms with E-state index in [0.29, 0.717) is 6.42 Å². The molecule has 0 atom stereocenters. The highest BCUT2D eigenvalue weighted by molar-refractivity contribution is 7.09. The number of thiophene rings is 1. The number of primary amides is 1.